The summed E-state index contributed by atoms with van der Waals surface area (Å²) in [4.78, 5) is 28.4. The molecular formula is C26H36N6O5S. The molecular weight excluding hydrogens is 508 g/mol. The van der Waals surface area contributed by atoms with Crippen molar-refractivity contribution in [3.63, 3.8) is 0 Å². The van der Waals surface area contributed by atoms with Crippen LogP contribution in [-0.4, -0.2) is 82.8 Å². The van der Waals surface area contributed by atoms with Gasteiger partial charge < -0.3 is 15.3 Å². The standard InChI is InChI=1S/C26H36N6O5S/c1-26(2,3)23(31-16-20(28-29-31)17-8-9-17)25(35)30-15-19(33)14-22(30)24(34)27-11-13-38(36,37)32-12-10-18-6-4-5-7-21(18)32/h4-7,16-17,19,22-23,33H,8-15H2,1-3H3,(H,27,34)/t19-,22+,23-/m1/s1. The van der Waals surface area contributed by atoms with Gasteiger partial charge in [0.25, 0.3) is 0 Å². The molecule has 2 fully saturated rings. The molecule has 0 unspecified atom stereocenters. The third kappa shape index (κ3) is 5.28. The number of aliphatic hydroxyl groups is 1. The molecule has 5 rings (SSSR count). The van der Waals surface area contributed by atoms with Crippen LogP contribution in [0.25, 0.3) is 0 Å². The minimum atomic E-state index is -3.63. The molecule has 0 radical (unpaired) electrons. The first-order chi connectivity index (χ1) is 18.0. The van der Waals surface area contributed by atoms with Gasteiger partial charge in [0, 0.05) is 38.2 Å². The van der Waals surface area contributed by atoms with Crippen LogP contribution >= 0.6 is 0 Å². The minimum absolute atomic E-state index is 0.0243. The number of carbonyl (C=O) groups excluding carboxylic acids is 2. The number of aromatic nitrogens is 3. The molecule has 2 amide bonds. The maximum absolute atomic E-state index is 13.8. The normalized spacial score (nSPS) is 22.4. The van der Waals surface area contributed by atoms with E-state index in [1.54, 1.807) is 10.7 Å². The lowest BCUT2D eigenvalue weighted by molar-refractivity contribution is -0.144. The Kier molecular flexibility index (Phi) is 6.97. The number of anilines is 1. The fourth-order valence-corrected chi connectivity index (χ4v) is 6.88. The molecule has 0 spiro atoms. The Morgan fingerprint density at radius 2 is 1.95 bits per heavy atom. The van der Waals surface area contributed by atoms with Crippen molar-refractivity contribution in [1.29, 1.82) is 0 Å². The monoisotopic (exact) mass is 544 g/mol. The summed E-state index contributed by atoms with van der Waals surface area (Å²) in [7, 11) is -3.63. The molecule has 1 aromatic heterocycles. The number of hydrogen-bond donors (Lipinski definition) is 2. The number of rotatable bonds is 8. The molecule has 0 bridgehead atoms. The Bertz CT molecular complexity index is 1320. The third-order valence-electron chi connectivity index (χ3n) is 7.55. The first kappa shape index (κ1) is 26.6. The molecule has 1 aromatic carbocycles. The molecule has 2 aromatic rings. The second kappa shape index (κ2) is 9.96. The largest absolute Gasteiger partial charge is 0.391 e. The molecule has 1 saturated carbocycles. The van der Waals surface area contributed by atoms with Gasteiger partial charge in [-0.05, 0) is 36.3 Å². The Morgan fingerprint density at radius 3 is 2.66 bits per heavy atom. The number of fused-ring (bicyclic) bond motifs is 1. The summed E-state index contributed by atoms with van der Waals surface area (Å²) >= 11 is 0. The summed E-state index contributed by atoms with van der Waals surface area (Å²) < 4.78 is 29.0. The van der Waals surface area contributed by atoms with Crippen molar-refractivity contribution in [2.45, 2.75) is 70.6 Å². The van der Waals surface area contributed by atoms with Crippen LogP contribution in [0.1, 0.15) is 63.3 Å². The third-order valence-corrected chi connectivity index (χ3v) is 9.32. The maximum atomic E-state index is 13.8. The fraction of sp³-hybridized carbons (Fsp3) is 0.615. The van der Waals surface area contributed by atoms with Crippen molar-refractivity contribution in [1.82, 2.24) is 25.2 Å². The van der Waals surface area contributed by atoms with Crippen molar-refractivity contribution in [3.05, 3.63) is 41.7 Å². The Hall–Kier alpha value is -2.99. The van der Waals surface area contributed by atoms with Crippen LogP contribution in [0.15, 0.2) is 30.5 Å². The number of nitrogens with one attached hydrogen (secondary N) is 1. The van der Waals surface area contributed by atoms with E-state index in [2.05, 4.69) is 15.6 Å². The fourth-order valence-electron chi connectivity index (χ4n) is 5.45. The number of amides is 2. The Morgan fingerprint density at radius 1 is 1.21 bits per heavy atom. The minimum Gasteiger partial charge on any atom is -0.391 e. The van der Waals surface area contributed by atoms with Crippen molar-refractivity contribution >= 4 is 27.5 Å². The molecule has 206 valence electrons. The SMILES string of the molecule is CC(C)(C)[C@@H](C(=O)N1C[C@H](O)C[C@H]1C(=O)NCCS(=O)(=O)N1CCc2ccccc21)n1cc(C2CC2)nn1. The van der Waals surface area contributed by atoms with E-state index in [1.807, 2.05) is 45.2 Å². The first-order valence-corrected chi connectivity index (χ1v) is 14.8. The lowest BCUT2D eigenvalue weighted by Crippen LogP contribution is -2.51. The van der Waals surface area contributed by atoms with Gasteiger partial charge in [-0.2, -0.15) is 0 Å². The summed E-state index contributed by atoms with van der Waals surface area (Å²) in [5.74, 6) is -0.666. The van der Waals surface area contributed by atoms with E-state index in [0.29, 0.717) is 24.6 Å². The number of nitrogens with zero attached hydrogens (tertiary/aromatic N) is 5. The Labute approximate surface area is 223 Å². The highest BCUT2D eigenvalue weighted by atomic mass is 32.2. The zero-order valence-corrected chi connectivity index (χ0v) is 22.9. The summed E-state index contributed by atoms with van der Waals surface area (Å²) in [6.45, 7) is 6.10. The molecule has 12 heteroatoms. The van der Waals surface area contributed by atoms with Crippen LogP contribution in [0.5, 0.6) is 0 Å². The van der Waals surface area contributed by atoms with E-state index in [1.165, 1.54) is 9.21 Å². The maximum Gasteiger partial charge on any atom is 0.248 e. The van der Waals surface area contributed by atoms with Gasteiger partial charge in [-0.15, -0.1) is 5.10 Å². The van der Waals surface area contributed by atoms with Gasteiger partial charge in [0.1, 0.15) is 12.1 Å². The molecule has 3 heterocycles. The van der Waals surface area contributed by atoms with Crippen LogP contribution < -0.4 is 9.62 Å². The summed E-state index contributed by atoms with van der Waals surface area (Å²) in [5, 5.41) is 21.6. The number of sulfonamides is 1. The van der Waals surface area contributed by atoms with Gasteiger partial charge in [-0.25, -0.2) is 13.1 Å². The van der Waals surface area contributed by atoms with Gasteiger partial charge in [0.2, 0.25) is 21.8 Å². The van der Waals surface area contributed by atoms with Crippen LogP contribution in [0, 0.1) is 5.41 Å². The lowest BCUT2D eigenvalue weighted by atomic mass is 9.85. The number of para-hydroxylation sites is 1. The topological polar surface area (TPSA) is 138 Å². The summed E-state index contributed by atoms with van der Waals surface area (Å²) in [6, 6.07) is 5.79. The zero-order valence-electron chi connectivity index (χ0n) is 22.1. The number of hydrogen-bond acceptors (Lipinski definition) is 7. The lowest BCUT2D eigenvalue weighted by Gasteiger charge is -2.34. The van der Waals surface area contributed by atoms with Crippen molar-refractivity contribution in [2.75, 3.05) is 29.7 Å². The Balaban J connectivity index is 1.25. The van der Waals surface area contributed by atoms with Crippen LogP contribution in [0.2, 0.25) is 0 Å². The van der Waals surface area contributed by atoms with Crippen LogP contribution in [0.4, 0.5) is 5.69 Å². The van der Waals surface area contributed by atoms with E-state index >= 15 is 0 Å². The number of benzene rings is 1. The van der Waals surface area contributed by atoms with Gasteiger partial charge >= 0.3 is 0 Å². The first-order valence-electron chi connectivity index (χ1n) is 13.2. The summed E-state index contributed by atoms with van der Waals surface area (Å²) in [6.07, 6.45) is 3.83. The molecule has 38 heavy (non-hydrogen) atoms. The second-order valence-electron chi connectivity index (χ2n) is 11.6. The van der Waals surface area contributed by atoms with Gasteiger partial charge in [-0.3, -0.25) is 13.9 Å². The number of carbonyl (C=O) groups is 2. The van der Waals surface area contributed by atoms with Gasteiger partial charge in [0.05, 0.1) is 23.2 Å². The molecule has 1 saturated heterocycles. The molecule has 2 aliphatic heterocycles. The molecule has 11 nitrogen and oxygen atoms in total. The second-order valence-corrected chi connectivity index (χ2v) is 13.6. The van der Waals surface area contributed by atoms with E-state index in [-0.39, 0.29) is 31.2 Å². The molecule has 3 aliphatic rings. The average Bonchev–Trinajstić information content (AvgIpc) is 3.24. The average molecular weight is 545 g/mol. The van der Waals surface area contributed by atoms with E-state index < -0.39 is 39.5 Å². The smallest absolute Gasteiger partial charge is 0.248 e. The van der Waals surface area contributed by atoms with Crippen molar-refractivity contribution in [3.8, 4) is 0 Å². The zero-order chi connectivity index (χ0) is 27.2. The van der Waals surface area contributed by atoms with Crippen molar-refractivity contribution < 1.29 is 23.1 Å². The van der Waals surface area contributed by atoms with E-state index in [0.717, 1.165) is 24.1 Å². The highest BCUT2D eigenvalue weighted by Crippen LogP contribution is 2.40. The van der Waals surface area contributed by atoms with Gasteiger partial charge in [-0.1, -0.05) is 44.2 Å². The molecule has 1 aliphatic carbocycles. The van der Waals surface area contributed by atoms with Crippen molar-refractivity contribution in [2.24, 2.45) is 5.41 Å². The van der Waals surface area contributed by atoms with E-state index in [4.69, 9.17) is 0 Å². The summed E-state index contributed by atoms with van der Waals surface area (Å²) in [5.41, 5.74) is 2.00. The van der Waals surface area contributed by atoms with Crippen LogP contribution in [0.3, 0.4) is 0 Å². The number of likely N-dealkylation sites (tertiary alicyclic amines) is 1. The van der Waals surface area contributed by atoms with E-state index in [9.17, 15) is 23.1 Å². The molecule has 2 N–H and O–H groups in total. The predicted molar refractivity (Wildman–Crippen MR) is 141 cm³/mol. The quantitative estimate of drug-likeness (QED) is 0.510. The molecule has 3 atom stereocenters. The highest BCUT2D eigenvalue weighted by molar-refractivity contribution is 7.92. The number of β-amino-alcohol motifs (C(OH)–C–C–N with tert-alkyl or cyclic N) is 1. The predicted octanol–water partition coefficient (Wildman–Crippen LogP) is 1.21. The number of aliphatic hydroxyl groups excluding tert-OH is 1. The van der Waals surface area contributed by atoms with Crippen LogP contribution in [-0.2, 0) is 26.0 Å². The van der Waals surface area contributed by atoms with Gasteiger partial charge in [0.15, 0.2) is 0 Å². The highest BCUT2D eigenvalue weighted by Gasteiger charge is 2.45.